The molecular weight excluding hydrogens is 226 g/mol. The minimum absolute atomic E-state index is 0.226. The summed E-state index contributed by atoms with van der Waals surface area (Å²) in [5, 5.41) is 0. The van der Waals surface area contributed by atoms with Gasteiger partial charge in [0.25, 0.3) is 0 Å². The topological polar surface area (TPSA) is 49.6 Å². The molecule has 2 saturated heterocycles. The molecule has 1 atom stereocenters. The zero-order valence-corrected chi connectivity index (χ0v) is 11.8. The summed E-state index contributed by atoms with van der Waals surface area (Å²) in [4.78, 5) is 16.9. The van der Waals surface area contributed by atoms with Gasteiger partial charge in [-0.3, -0.25) is 9.69 Å². The summed E-state index contributed by atoms with van der Waals surface area (Å²) in [5.74, 6) is 0.226. The van der Waals surface area contributed by atoms with Gasteiger partial charge in [0.05, 0.1) is 5.41 Å². The Morgan fingerprint density at radius 1 is 1.22 bits per heavy atom. The number of carbonyl (C=O) groups excluding carboxylic acids is 1. The number of likely N-dealkylation sites (tertiary alicyclic amines) is 2. The molecule has 0 radical (unpaired) electrons. The standard InChI is InChI=1S/C14H27N3O/c1-14(2,11-15)13(18)17-9-6-12(10-17)16-7-4-3-5-8-16/h12H,3-11,15H2,1-2H3. The van der Waals surface area contributed by atoms with Crippen LogP contribution in [0.1, 0.15) is 39.5 Å². The lowest BCUT2D eigenvalue weighted by atomic mass is 9.92. The summed E-state index contributed by atoms with van der Waals surface area (Å²) in [5.41, 5.74) is 5.29. The fraction of sp³-hybridized carbons (Fsp3) is 0.929. The minimum atomic E-state index is -0.406. The van der Waals surface area contributed by atoms with Gasteiger partial charge in [0.15, 0.2) is 0 Å². The maximum atomic E-state index is 12.4. The van der Waals surface area contributed by atoms with Crippen LogP contribution in [0.25, 0.3) is 0 Å². The summed E-state index contributed by atoms with van der Waals surface area (Å²) >= 11 is 0. The second kappa shape index (κ2) is 5.57. The van der Waals surface area contributed by atoms with Gasteiger partial charge in [-0.25, -0.2) is 0 Å². The fourth-order valence-corrected chi connectivity index (χ4v) is 3.02. The highest BCUT2D eigenvalue weighted by Gasteiger charge is 2.36. The SMILES string of the molecule is CC(C)(CN)C(=O)N1CCC(N2CCCCC2)C1. The molecule has 2 rings (SSSR count). The van der Waals surface area contributed by atoms with Crippen molar-refractivity contribution in [3.63, 3.8) is 0 Å². The summed E-state index contributed by atoms with van der Waals surface area (Å²) in [6.45, 7) is 8.56. The lowest BCUT2D eigenvalue weighted by Gasteiger charge is -2.33. The quantitative estimate of drug-likeness (QED) is 0.818. The first-order chi connectivity index (χ1) is 8.54. The van der Waals surface area contributed by atoms with E-state index >= 15 is 0 Å². The molecule has 0 aromatic heterocycles. The van der Waals surface area contributed by atoms with E-state index in [2.05, 4.69) is 4.90 Å². The molecule has 2 heterocycles. The van der Waals surface area contributed by atoms with Crippen LogP contribution in [0.3, 0.4) is 0 Å². The van der Waals surface area contributed by atoms with E-state index in [0.717, 1.165) is 19.5 Å². The average molecular weight is 253 g/mol. The predicted octanol–water partition coefficient (Wildman–Crippen LogP) is 1.06. The van der Waals surface area contributed by atoms with Crippen molar-refractivity contribution in [3.8, 4) is 0 Å². The van der Waals surface area contributed by atoms with Crippen molar-refractivity contribution in [1.29, 1.82) is 0 Å². The third kappa shape index (κ3) is 2.86. The largest absolute Gasteiger partial charge is 0.341 e. The van der Waals surface area contributed by atoms with Crippen LogP contribution in [0.15, 0.2) is 0 Å². The first-order valence-electron chi connectivity index (χ1n) is 7.28. The molecule has 0 aromatic rings. The highest BCUT2D eigenvalue weighted by atomic mass is 16.2. The van der Waals surface area contributed by atoms with Crippen molar-refractivity contribution in [2.45, 2.75) is 45.6 Å². The van der Waals surface area contributed by atoms with Gasteiger partial charge in [0.1, 0.15) is 0 Å². The lowest BCUT2D eigenvalue weighted by molar-refractivity contribution is -0.138. The molecule has 0 aromatic carbocycles. The summed E-state index contributed by atoms with van der Waals surface area (Å²) in [6, 6.07) is 0.586. The Labute approximate surface area is 110 Å². The molecule has 2 N–H and O–H groups in total. The van der Waals surface area contributed by atoms with Crippen LogP contribution in [0, 0.1) is 5.41 Å². The molecular formula is C14H27N3O. The van der Waals surface area contributed by atoms with Gasteiger partial charge in [-0.15, -0.1) is 0 Å². The summed E-state index contributed by atoms with van der Waals surface area (Å²) < 4.78 is 0. The Balaban J connectivity index is 1.89. The van der Waals surface area contributed by atoms with Gasteiger partial charge in [-0.2, -0.15) is 0 Å². The molecule has 1 unspecified atom stereocenters. The highest BCUT2D eigenvalue weighted by molar-refractivity contribution is 5.82. The van der Waals surface area contributed by atoms with Crippen molar-refractivity contribution in [1.82, 2.24) is 9.80 Å². The van der Waals surface area contributed by atoms with Crippen LogP contribution in [-0.4, -0.2) is 54.5 Å². The molecule has 2 fully saturated rings. The van der Waals surface area contributed by atoms with E-state index in [1.165, 1.54) is 32.4 Å². The van der Waals surface area contributed by atoms with Crippen molar-refractivity contribution in [2.75, 3.05) is 32.7 Å². The molecule has 104 valence electrons. The van der Waals surface area contributed by atoms with Crippen LogP contribution in [0.4, 0.5) is 0 Å². The number of amides is 1. The number of rotatable bonds is 3. The number of carbonyl (C=O) groups is 1. The second-order valence-corrected chi connectivity index (χ2v) is 6.38. The van der Waals surface area contributed by atoms with Gasteiger partial charge in [-0.1, -0.05) is 6.42 Å². The molecule has 4 nitrogen and oxygen atoms in total. The Morgan fingerprint density at radius 3 is 2.50 bits per heavy atom. The maximum Gasteiger partial charge on any atom is 0.229 e. The summed E-state index contributed by atoms with van der Waals surface area (Å²) in [7, 11) is 0. The van der Waals surface area contributed by atoms with Gasteiger partial charge in [0.2, 0.25) is 5.91 Å². The molecule has 4 heteroatoms. The molecule has 0 aliphatic carbocycles. The molecule has 2 aliphatic rings. The number of nitrogens with two attached hydrogens (primary N) is 1. The average Bonchev–Trinajstić information content (AvgIpc) is 2.88. The van der Waals surface area contributed by atoms with E-state index < -0.39 is 5.41 Å². The monoisotopic (exact) mass is 253 g/mol. The zero-order chi connectivity index (χ0) is 13.2. The van der Waals surface area contributed by atoms with E-state index in [-0.39, 0.29) is 5.91 Å². The van der Waals surface area contributed by atoms with Crippen LogP contribution in [-0.2, 0) is 4.79 Å². The van der Waals surface area contributed by atoms with E-state index in [1.54, 1.807) is 0 Å². The van der Waals surface area contributed by atoms with Crippen molar-refractivity contribution >= 4 is 5.91 Å². The Morgan fingerprint density at radius 2 is 1.89 bits per heavy atom. The highest BCUT2D eigenvalue weighted by Crippen LogP contribution is 2.24. The first-order valence-corrected chi connectivity index (χ1v) is 7.28. The van der Waals surface area contributed by atoms with E-state index in [1.807, 2.05) is 18.7 Å². The summed E-state index contributed by atoms with van der Waals surface area (Å²) in [6.07, 6.45) is 5.13. The minimum Gasteiger partial charge on any atom is -0.341 e. The van der Waals surface area contributed by atoms with Gasteiger partial charge in [-0.05, 0) is 46.2 Å². The number of piperidine rings is 1. The van der Waals surface area contributed by atoms with E-state index in [4.69, 9.17) is 5.73 Å². The Kier molecular flexibility index (Phi) is 4.28. The number of nitrogens with zero attached hydrogens (tertiary/aromatic N) is 2. The van der Waals surface area contributed by atoms with Crippen LogP contribution >= 0.6 is 0 Å². The smallest absolute Gasteiger partial charge is 0.229 e. The molecule has 0 bridgehead atoms. The van der Waals surface area contributed by atoms with Gasteiger partial charge < -0.3 is 10.6 Å². The third-order valence-electron chi connectivity index (χ3n) is 4.45. The second-order valence-electron chi connectivity index (χ2n) is 6.38. The molecule has 0 saturated carbocycles. The van der Waals surface area contributed by atoms with Crippen LogP contribution in [0.5, 0.6) is 0 Å². The zero-order valence-electron chi connectivity index (χ0n) is 11.8. The van der Waals surface area contributed by atoms with Crippen molar-refractivity contribution in [2.24, 2.45) is 11.1 Å². The van der Waals surface area contributed by atoms with E-state index in [9.17, 15) is 4.79 Å². The van der Waals surface area contributed by atoms with Gasteiger partial charge in [0, 0.05) is 25.7 Å². The molecule has 2 aliphatic heterocycles. The molecule has 0 spiro atoms. The third-order valence-corrected chi connectivity index (χ3v) is 4.45. The molecule has 1 amide bonds. The van der Waals surface area contributed by atoms with Gasteiger partial charge >= 0.3 is 0 Å². The Hall–Kier alpha value is -0.610. The number of hydrogen-bond donors (Lipinski definition) is 1. The van der Waals surface area contributed by atoms with Crippen molar-refractivity contribution < 1.29 is 4.79 Å². The predicted molar refractivity (Wildman–Crippen MR) is 73.2 cm³/mol. The Bertz CT molecular complexity index is 297. The number of hydrogen-bond acceptors (Lipinski definition) is 3. The maximum absolute atomic E-state index is 12.4. The molecule has 18 heavy (non-hydrogen) atoms. The first kappa shape index (κ1) is 13.8. The lowest BCUT2D eigenvalue weighted by Crippen LogP contribution is -2.46. The normalized spacial score (nSPS) is 26.6. The van der Waals surface area contributed by atoms with Crippen LogP contribution in [0.2, 0.25) is 0 Å². The van der Waals surface area contributed by atoms with Crippen LogP contribution < -0.4 is 5.73 Å². The van der Waals surface area contributed by atoms with E-state index in [0.29, 0.717) is 12.6 Å². The van der Waals surface area contributed by atoms with Crippen molar-refractivity contribution in [3.05, 3.63) is 0 Å². The fourth-order valence-electron chi connectivity index (χ4n) is 3.02.